The maximum Gasteiger partial charge on any atom is 0.407 e. The summed E-state index contributed by atoms with van der Waals surface area (Å²) >= 11 is 0. The van der Waals surface area contributed by atoms with E-state index in [1.165, 1.54) is 11.0 Å². The summed E-state index contributed by atoms with van der Waals surface area (Å²) in [5.41, 5.74) is 1.67. The highest BCUT2D eigenvalue weighted by Crippen LogP contribution is 2.26. The molecule has 6 heteroatoms. The Kier molecular flexibility index (Phi) is 5.16. The highest BCUT2D eigenvalue weighted by Gasteiger charge is 2.27. The van der Waals surface area contributed by atoms with Gasteiger partial charge in [-0.15, -0.1) is 0 Å². The summed E-state index contributed by atoms with van der Waals surface area (Å²) in [6, 6.07) is 13.8. The lowest BCUT2D eigenvalue weighted by atomic mass is 10.0. The maximum atomic E-state index is 13.5. The van der Waals surface area contributed by atoms with Gasteiger partial charge in [0.15, 0.2) is 11.6 Å². The largest absolute Gasteiger partial charge is 0.465 e. The molecule has 0 spiro atoms. The minimum Gasteiger partial charge on any atom is -0.465 e. The molecule has 1 saturated heterocycles. The van der Waals surface area contributed by atoms with Crippen LogP contribution >= 0.6 is 0 Å². The molecule has 0 saturated carbocycles. The van der Waals surface area contributed by atoms with Crippen LogP contribution in [0.2, 0.25) is 0 Å². The molecule has 4 nitrogen and oxygen atoms in total. The average molecular weight is 346 g/mol. The van der Waals surface area contributed by atoms with Gasteiger partial charge in [-0.05, 0) is 42.7 Å². The van der Waals surface area contributed by atoms with Crippen molar-refractivity contribution >= 4 is 11.8 Å². The Morgan fingerprint density at radius 2 is 1.76 bits per heavy atom. The third kappa shape index (κ3) is 4.07. The van der Waals surface area contributed by atoms with Crippen LogP contribution in [0.3, 0.4) is 0 Å². The summed E-state index contributed by atoms with van der Waals surface area (Å²) in [4.78, 5) is 14.7. The van der Waals surface area contributed by atoms with Crippen LogP contribution in [0.25, 0.3) is 0 Å². The van der Waals surface area contributed by atoms with Crippen molar-refractivity contribution in [2.75, 3.05) is 18.0 Å². The van der Waals surface area contributed by atoms with Crippen LogP contribution in [-0.2, 0) is 6.54 Å². The van der Waals surface area contributed by atoms with E-state index in [-0.39, 0.29) is 6.04 Å². The van der Waals surface area contributed by atoms with Crippen molar-refractivity contribution in [3.63, 3.8) is 0 Å². The third-order valence-corrected chi connectivity index (χ3v) is 4.60. The lowest BCUT2D eigenvalue weighted by molar-refractivity contribution is 0.131. The molecular weight excluding hydrogens is 326 g/mol. The number of para-hydroxylation sites is 1. The van der Waals surface area contributed by atoms with Gasteiger partial charge in [0, 0.05) is 31.4 Å². The smallest absolute Gasteiger partial charge is 0.407 e. The first-order valence-corrected chi connectivity index (χ1v) is 8.28. The van der Waals surface area contributed by atoms with E-state index in [2.05, 4.69) is 4.90 Å². The molecule has 0 aromatic heterocycles. The molecule has 3 rings (SSSR count). The van der Waals surface area contributed by atoms with Crippen LogP contribution in [0, 0.1) is 11.6 Å². The molecule has 1 fully saturated rings. The predicted octanol–water partition coefficient (Wildman–Crippen LogP) is 4.11. The van der Waals surface area contributed by atoms with Gasteiger partial charge in [-0.25, -0.2) is 13.6 Å². The molecule has 0 bridgehead atoms. The summed E-state index contributed by atoms with van der Waals surface area (Å²) in [5.74, 6) is -1.71. The summed E-state index contributed by atoms with van der Waals surface area (Å²) in [7, 11) is 0. The first kappa shape index (κ1) is 17.2. The van der Waals surface area contributed by atoms with Gasteiger partial charge in [0.1, 0.15) is 0 Å². The number of carboxylic acid groups (broad SMARTS) is 1. The number of carbonyl (C=O) groups is 1. The van der Waals surface area contributed by atoms with E-state index in [1.807, 2.05) is 30.3 Å². The Labute approximate surface area is 145 Å². The van der Waals surface area contributed by atoms with E-state index < -0.39 is 17.7 Å². The highest BCUT2D eigenvalue weighted by atomic mass is 19.2. The minimum atomic E-state index is -0.898. The quantitative estimate of drug-likeness (QED) is 0.906. The summed E-state index contributed by atoms with van der Waals surface area (Å²) < 4.78 is 26.7. The second kappa shape index (κ2) is 7.51. The number of likely N-dealkylation sites (tertiary alicyclic amines) is 1. The lowest BCUT2D eigenvalue weighted by Crippen LogP contribution is -2.46. The second-order valence-electron chi connectivity index (χ2n) is 6.21. The Hall–Kier alpha value is -2.63. The molecule has 25 heavy (non-hydrogen) atoms. The van der Waals surface area contributed by atoms with E-state index in [9.17, 15) is 13.6 Å². The van der Waals surface area contributed by atoms with Gasteiger partial charge in [-0.1, -0.05) is 24.3 Å². The fourth-order valence-electron chi connectivity index (χ4n) is 3.25. The number of halogens is 2. The van der Waals surface area contributed by atoms with Gasteiger partial charge in [0.2, 0.25) is 0 Å². The molecule has 0 radical (unpaired) electrons. The Morgan fingerprint density at radius 3 is 2.36 bits per heavy atom. The number of rotatable bonds is 4. The molecule has 1 aliphatic heterocycles. The molecule has 1 aliphatic rings. The van der Waals surface area contributed by atoms with E-state index >= 15 is 0 Å². The molecule has 0 unspecified atom stereocenters. The van der Waals surface area contributed by atoms with Crippen LogP contribution in [0.5, 0.6) is 0 Å². The predicted molar refractivity (Wildman–Crippen MR) is 91.6 cm³/mol. The van der Waals surface area contributed by atoms with Crippen molar-refractivity contribution in [2.45, 2.75) is 25.4 Å². The minimum absolute atomic E-state index is 0.145. The molecule has 1 amide bonds. The number of hydrogen-bond donors (Lipinski definition) is 1. The number of hydrogen-bond acceptors (Lipinski definition) is 2. The van der Waals surface area contributed by atoms with Gasteiger partial charge in [-0.2, -0.15) is 0 Å². The number of amides is 1. The molecule has 1 N–H and O–H groups in total. The molecule has 0 atom stereocenters. The number of nitrogens with zero attached hydrogens (tertiary/aromatic N) is 2. The maximum absolute atomic E-state index is 13.5. The van der Waals surface area contributed by atoms with Gasteiger partial charge in [-0.3, -0.25) is 0 Å². The summed E-state index contributed by atoms with van der Waals surface area (Å²) in [5, 5.41) is 9.11. The molecule has 1 heterocycles. The van der Waals surface area contributed by atoms with E-state index in [0.29, 0.717) is 38.0 Å². The van der Waals surface area contributed by atoms with E-state index in [1.54, 1.807) is 6.07 Å². The SMILES string of the molecule is O=C(O)N1CCC(N(Cc2ccc(F)c(F)c2)c2ccccc2)CC1. The van der Waals surface area contributed by atoms with E-state index in [4.69, 9.17) is 5.11 Å². The van der Waals surface area contributed by atoms with Crippen molar-refractivity contribution in [3.8, 4) is 0 Å². The first-order chi connectivity index (χ1) is 12.0. The molecule has 132 valence electrons. The number of benzene rings is 2. The van der Waals surface area contributed by atoms with Crippen molar-refractivity contribution in [2.24, 2.45) is 0 Å². The molecule has 0 aliphatic carbocycles. The number of anilines is 1. The Morgan fingerprint density at radius 1 is 1.08 bits per heavy atom. The zero-order chi connectivity index (χ0) is 17.8. The summed E-state index contributed by atoms with van der Waals surface area (Å²) in [6.07, 6.45) is 0.501. The standard InChI is InChI=1S/C19H20F2N2O2/c20-17-7-6-14(12-18(17)21)13-23(15-4-2-1-3-5-15)16-8-10-22(11-9-16)19(24)25/h1-7,12,16H,8-11,13H2,(H,24,25). The van der Waals surface area contributed by atoms with Gasteiger partial charge < -0.3 is 14.9 Å². The Balaban J connectivity index is 1.81. The van der Waals surface area contributed by atoms with Crippen LogP contribution in [-0.4, -0.2) is 35.2 Å². The summed E-state index contributed by atoms with van der Waals surface area (Å²) in [6.45, 7) is 1.39. The fourth-order valence-corrected chi connectivity index (χ4v) is 3.25. The fraction of sp³-hybridized carbons (Fsp3) is 0.316. The third-order valence-electron chi connectivity index (χ3n) is 4.60. The van der Waals surface area contributed by atoms with Crippen LogP contribution in [0.15, 0.2) is 48.5 Å². The first-order valence-electron chi connectivity index (χ1n) is 8.28. The second-order valence-corrected chi connectivity index (χ2v) is 6.21. The van der Waals surface area contributed by atoms with Crippen molar-refractivity contribution in [1.82, 2.24) is 4.90 Å². The van der Waals surface area contributed by atoms with Gasteiger partial charge >= 0.3 is 6.09 Å². The lowest BCUT2D eigenvalue weighted by Gasteiger charge is -2.39. The van der Waals surface area contributed by atoms with Crippen LogP contribution < -0.4 is 4.90 Å². The van der Waals surface area contributed by atoms with Crippen molar-refractivity contribution in [3.05, 3.63) is 65.7 Å². The van der Waals surface area contributed by atoms with Crippen molar-refractivity contribution in [1.29, 1.82) is 0 Å². The van der Waals surface area contributed by atoms with Gasteiger partial charge in [0.25, 0.3) is 0 Å². The van der Waals surface area contributed by atoms with Crippen LogP contribution in [0.1, 0.15) is 18.4 Å². The number of piperidine rings is 1. The topological polar surface area (TPSA) is 43.8 Å². The monoisotopic (exact) mass is 346 g/mol. The normalized spacial score (nSPS) is 15.2. The van der Waals surface area contributed by atoms with Crippen molar-refractivity contribution < 1.29 is 18.7 Å². The van der Waals surface area contributed by atoms with Gasteiger partial charge in [0.05, 0.1) is 0 Å². The highest BCUT2D eigenvalue weighted by molar-refractivity contribution is 5.65. The van der Waals surface area contributed by atoms with Crippen LogP contribution in [0.4, 0.5) is 19.3 Å². The average Bonchev–Trinajstić information content (AvgIpc) is 2.63. The zero-order valence-electron chi connectivity index (χ0n) is 13.7. The zero-order valence-corrected chi connectivity index (χ0v) is 13.7. The molecular formula is C19H20F2N2O2. The Bertz CT molecular complexity index is 731. The molecule has 2 aromatic carbocycles. The molecule has 2 aromatic rings. The van der Waals surface area contributed by atoms with E-state index in [0.717, 1.165) is 11.8 Å².